The van der Waals surface area contributed by atoms with Gasteiger partial charge in [-0.05, 0) is 43.2 Å². The fourth-order valence-electron chi connectivity index (χ4n) is 3.55. The summed E-state index contributed by atoms with van der Waals surface area (Å²) in [4.78, 5) is 25.2. The summed E-state index contributed by atoms with van der Waals surface area (Å²) in [6, 6.07) is 11.5. The van der Waals surface area contributed by atoms with Crippen molar-refractivity contribution in [2.75, 3.05) is 30.4 Å². The third-order valence-electron chi connectivity index (χ3n) is 5.27. The molecule has 1 N–H and O–H groups in total. The van der Waals surface area contributed by atoms with Crippen LogP contribution in [0.25, 0.3) is 11.5 Å². The van der Waals surface area contributed by atoms with E-state index in [1.165, 1.54) is 25.3 Å². The van der Waals surface area contributed by atoms with Gasteiger partial charge in [-0.2, -0.15) is 0 Å². The first-order valence-corrected chi connectivity index (χ1v) is 9.81. The molecular weight excluding hydrogens is 402 g/mol. The standard InChI is InChI=1S/C21H21N5O5/c1-30-19-13-15(26(28)29)4-5-16(19)22-21(27)14-8-10-25(11-9-14)20-7-6-17(23-24-20)18-3-2-12-31-18/h2-7,12-14H,8-11H2,1H3,(H,22,27). The lowest BCUT2D eigenvalue weighted by molar-refractivity contribution is -0.384. The Kier molecular flexibility index (Phi) is 5.78. The van der Waals surface area contributed by atoms with Crippen molar-refractivity contribution in [3.05, 3.63) is 58.8 Å². The normalized spacial score (nSPS) is 14.3. The van der Waals surface area contributed by atoms with Gasteiger partial charge in [-0.25, -0.2) is 0 Å². The number of carbonyl (C=O) groups is 1. The van der Waals surface area contributed by atoms with E-state index in [-0.39, 0.29) is 23.3 Å². The summed E-state index contributed by atoms with van der Waals surface area (Å²) in [6.07, 6.45) is 2.90. The van der Waals surface area contributed by atoms with Gasteiger partial charge >= 0.3 is 0 Å². The Morgan fingerprint density at radius 1 is 1.23 bits per heavy atom. The number of nitrogens with zero attached hydrogens (tertiary/aromatic N) is 4. The van der Waals surface area contributed by atoms with E-state index in [2.05, 4.69) is 20.4 Å². The summed E-state index contributed by atoms with van der Waals surface area (Å²) in [5.41, 5.74) is 0.988. The van der Waals surface area contributed by atoms with Gasteiger partial charge in [-0.15, -0.1) is 10.2 Å². The number of carbonyl (C=O) groups excluding carboxylic acids is 1. The first-order valence-electron chi connectivity index (χ1n) is 9.81. The number of anilines is 2. The average molecular weight is 423 g/mol. The van der Waals surface area contributed by atoms with Gasteiger partial charge in [0.05, 0.1) is 30.1 Å². The number of furan rings is 1. The maximum Gasteiger partial charge on any atom is 0.273 e. The Labute approximate surface area is 178 Å². The predicted molar refractivity (Wildman–Crippen MR) is 113 cm³/mol. The number of benzene rings is 1. The summed E-state index contributed by atoms with van der Waals surface area (Å²) in [5, 5.41) is 22.3. The molecule has 0 saturated carbocycles. The van der Waals surface area contributed by atoms with Crippen LogP contribution in [0.2, 0.25) is 0 Å². The van der Waals surface area contributed by atoms with Crippen LogP contribution in [0, 0.1) is 16.0 Å². The highest BCUT2D eigenvalue weighted by atomic mass is 16.6. The Morgan fingerprint density at radius 2 is 2.03 bits per heavy atom. The highest BCUT2D eigenvalue weighted by Gasteiger charge is 2.27. The largest absolute Gasteiger partial charge is 0.494 e. The minimum Gasteiger partial charge on any atom is -0.494 e. The number of piperidine rings is 1. The summed E-state index contributed by atoms with van der Waals surface area (Å²) >= 11 is 0. The van der Waals surface area contributed by atoms with Crippen LogP contribution in [0.4, 0.5) is 17.2 Å². The fourth-order valence-corrected chi connectivity index (χ4v) is 3.55. The van der Waals surface area contributed by atoms with E-state index in [1.54, 1.807) is 12.3 Å². The van der Waals surface area contributed by atoms with Gasteiger partial charge in [0.15, 0.2) is 11.6 Å². The third kappa shape index (κ3) is 4.47. The molecule has 3 aromatic rings. The van der Waals surface area contributed by atoms with E-state index in [0.29, 0.717) is 43.1 Å². The summed E-state index contributed by atoms with van der Waals surface area (Å²) in [7, 11) is 1.41. The third-order valence-corrected chi connectivity index (χ3v) is 5.27. The number of nitro benzene ring substituents is 1. The van der Waals surface area contributed by atoms with Crippen molar-refractivity contribution in [3.8, 4) is 17.2 Å². The number of nitrogens with one attached hydrogen (secondary N) is 1. The molecule has 3 heterocycles. The van der Waals surface area contributed by atoms with Gasteiger partial charge in [-0.1, -0.05) is 0 Å². The molecule has 1 aliphatic rings. The van der Waals surface area contributed by atoms with Crippen molar-refractivity contribution in [2.45, 2.75) is 12.8 Å². The van der Waals surface area contributed by atoms with E-state index >= 15 is 0 Å². The number of rotatable bonds is 6. The van der Waals surface area contributed by atoms with E-state index in [4.69, 9.17) is 9.15 Å². The lowest BCUT2D eigenvalue weighted by Crippen LogP contribution is -2.38. The van der Waals surface area contributed by atoms with Crippen LogP contribution in [0.1, 0.15) is 12.8 Å². The summed E-state index contributed by atoms with van der Waals surface area (Å²) < 4.78 is 10.5. The topological polar surface area (TPSA) is 124 Å². The zero-order valence-electron chi connectivity index (χ0n) is 16.9. The van der Waals surface area contributed by atoms with Gasteiger partial charge in [0.2, 0.25) is 5.91 Å². The van der Waals surface area contributed by atoms with Crippen molar-refractivity contribution in [2.24, 2.45) is 5.92 Å². The Bertz CT molecular complexity index is 1060. The minimum atomic E-state index is -0.506. The van der Waals surface area contributed by atoms with Crippen molar-refractivity contribution in [3.63, 3.8) is 0 Å². The van der Waals surface area contributed by atoms with E-state index < -0.39 is 4.92 Å². The van der Waals surface area contributed by atoms with E-state index in [1.807, 2.05) is 18.2 Å². The molecule has 0 unspecified atom stereocenters. The monoisotopic (exact) mass is 423 g/mol. The second kappa shape index (κ2) is 8.82. The summed E-state index contributed by atoms with van der Waals surface area (Å²) in [5.74, 6) is 1.37. The molecule has 10 nitrogen and oxygen atoms in total. The highest BCUT2D eigenvalue weighted by molar-refractivity contribution is 5.94. The van der Waals surface area contributed by atoms with Crippen LogP contribution < -0.4 is 15.0 Å². The molecule has 0 aliphatic carbocycles. The summed E-state index contributed by atoms with van der Waals surface area (Å²) in [6.45, 7) is 1.34. The second-order valence-corrected chi connectivity index (χ2v) is 7.15. The molecule has 1 fully saturated rings. The number of non-ortho nitro benzene ring substituents is 1. The number of aromatic nitrogens is 2. The van der Waals surface area contributed by atoms with Crippen LogP contribution in [0.15, 0.2) is 53.1 Å². The van der Waals surface area contributed by atoms with Crippen LogP contribution in [-0.2, 0) is 4.79 Å². The molecule has 0 atom stereocenters. The maximum absolute atomic E-state index is 12.7. The van der Waals surface area contributed by atoms with Gasteiger partial charge < -0.3 is 19.4 Å². The number of ether oxygens (including phenoxy) is 1. The SMILES string of the molecule is COc1cc([N+](=O)[O-])ccc1NC(=O)C1CCN(c2ccc(-c3ccco3)nn2)CC1. The number of methoxy groups -OCH3 is 1. The highest BCUT2D eigenvalue weighted by Crippen LogP contribution is 2.30. The van der Waals surface area contributed by atoms with Gasteiger partial charge in [0.1, 0.15) is 11.4 Å². The predicted octanol–water partition coefficient (Wildman–Crippen LogP) is 3.51. The first-order chi connectivity index (χ1) is 15.0. The quantitative estimate of drug-likeness (QED) is 0.472. The Hall–Kier alpha value is -3.95. The number of nitro groups is 1. The molecule has 0 spiro atoms. The molecule has 10 heteroatoms. The van der Waals surface area contributed by atoms with E-state index in [9.17, 15) is 14.9 Å². The molecule has 1 amide bonds. The maximum atomic E-state index is 12.7. The van der Waals surface area contributed by atoms with Crippen LogP contribution in [0.5, 0.6) is 5.75 Å². The minimum absolute atomic E-state index is 0.0951. The molecule has 0 bridgehead atoms. The first kappa shape index (κ1) is 20.3. The Morgan fingerprint density at radius 3 is 2.65 bits per heavy atom. The number of amides is 1. The van der Waals surface area contributed by atoms with Crippen molar-refractivity contribution >= 4 is 23.1 Å². The van der Waals surface area contributed by atoms with Gasteiger partial charge in [-0.3, -0.25) is 14.9 Å². The molecule has 2 aromatic heterocycles. The molecule has 0 radical (unpaired) electrons. The molecule has 1 aliphatic heterocycles. The fraction of sp³-hybridized carbons (Fsp3) is 0.286. The second-order valence-electron chi connectivity index (χ2n) is 7.15. The van der Waals surface area contributed by atoms with E-state index in [0.717, 1.165) is 5.82 Å². The van der Waals surface area contributed by atoms with Crippen LogP contribution in [-0.4, -0.2) is 41.2 Å². The van der Waals surface area contributed by atoms with Crippen LogP contribution in [0.3, 0.4) is 0 Å². The smallest absolute Gasteiger partial charge is 0.273 e. The molecule has 160 valence electrons. The van der Waals surface area contributed by atoms with Crippen molar-refractivity contribution < 1.29 is 18.9 Å². The molecule has 4 rings (SSSR count). The van der Waals surface area contributed by atoms with Gasteiger partial charge in [0, 0.05) is 25.1 Å². The zero-order chi connectivity index (χ0) is 21.8. The lowest BCUT2D eigenvalue weighted by atomic mass is 9.95. The number of hydrogen-bond acceptors (Lipinski definition) is 8. The molecular formula is C21H21N5O5. The van der Waals surface area contributed by atoms with Crippen molar-refractivity contribution in [1.29, 1.82) is 0 Å². The molecule has 1 saturated heterocycles. The van der Waals surface area contributed by atoms with Crippen molar-refractivity contribution in [1.82, 2.24) is 10.2 Å². The molecule has 1 aromatic carbocycles. The average Bonchev–Trinajstić information content (AvgIpc) is 3.34. The zero-order valence-corrected chi connectivity index (χ0v) is 16.9. The van der Waals surface area contributed by atoms with Crippen LogP contribution >= 0.6 is 0 Å². The Balaban J connectivity index is 1.35. The lowest BCUT2D eigenvalue weighted by Gasteiger charge is -2.31. The van der Waals surface area contributed by atoms with Gasteiger partial charge in [0.25, 0.3) is 5.69 Å². The molecule has 31 heavy (non-hydrogen) atoms. The number of hydrogen-bond donors (Lipinski definition) is 1.